The lowest BCUT2D eigenvalue weighted by Gasteiger charge is -2.30. The van der Waals surface area contributed by atoms with Crippen molar-refractivity contribution in [2.24, 2.45) is 5.92 Å². The van der Waals surface area contributed by atoms with E-state index in [1.54, 1.807) is 4.90 Å². The van der Waals surface area contributed by atoms with Crippen LogP contribution in [0.15, 0.2) is 24.3 Å². The minimum absolute atomic E-state index is 0.0321. The van der Waals surface area contributed by atoms with E-state index in [1.807, 2.05) is 24.3 Å². The molecule has 3 rings (SSSR count). The van der Waals surface area contributed by atoms with Crippen molar-refractivity contribution in [1.29, 1.82) is 0 Å². The fourth-order valence-electron chi connectivity index (χ4n) is 3.70. The van der Waals surface area contributed by atoms with Gasteiger partial charge in [-0.05, 0) is 62.6 Å². The third kappa shape index (κ3) is 4.25. The number of aliphatic hydroxyl groups is 1. The monoisotopic (exact) mass is 316 g/mol. The Balaban J connectivity index is 1.63. The van der Waals surface area contributed by atoms with E-state index in [4.69, 9.17) is 0 Å². The Labute approximate surface area is 138 Å². The maximum Gasteiger partial charge on any atom is 0.254 e. The number of β-amino-alcohol motifs (C(OH)–C–C–N with tert-alkyl or cyclic N) is 1. The first-order valence-corrected chi connectivity index (χ1v) is 8.96. The van der Waals surface area contributed by atoms with Crippen molar-refractivity contribution in [2.45, 2.75) is 57.6 Å². The van der Waals surface area contributed by atoms with Gasteiger partial charge in [0, 0.05) is 30.4 Å². The number of rotatable bonds is 3. The molecular formula is C19H28N2O2. The predicted octanol–water partition coefficient (Wildman–Crippen LogP) is 3.27. The third-order valence-corrected chi connectivity index (χ3v) is 5.18. The molecule has 1 atom stereocenters. The highest BCUT2D eigenvalue weighted by Gasteiger charge is 2.23. The number of nitrogens with zero attached hydrogens (tertiary/aromatic N) is 1. The van der Waals surface area contributed by atoms with E-state index in [1.165, 1.54) is 25.7 Å². The smallest absolute Gasteiger partial charge is 0.254 e. The van der Waals surface area contributed by atoms with Crippen molar-refractivity contribution >= 4 is 11.6 Å². The van der Waals surface area contributed by atoms with Crippen LogP contribution in [0.3, 0.4) is 0 Å². The Kier molecular flexibility index (Phi) is 5.21. The maximum atomic E-state index is 12.6. The Morgan fingerprint density at radius 2 is 2.00 bits per heavy atom. The molecule has 0 radical (unpaired) electrons. The summed E-state index contributed by atoms with van der Waals surface area (Å²) in [5.74, 6) is 0.871. The van der Waals surface area contributed by atoms with Crippen molar-refractivity contribution < 1.29 is 9.90 Å². The average Bonchev–Trinajstić information content (AvgIpc) is 2.56. The molecule has 1 aliphatic heterocycles. The van der Waals surface area contributed by atoms with Gasteiger partial charge in [-0.25, -0.2) is 0 Å². The molecule has 1 heterocycles. The molecule has 0 spiro atoms. The van der Waals surface area contributed by atoms with Crippen LogP contribution in [0.5, 0.6) is 0 Å². The van der Waals surface area contributed by atoms with Crippen LogP contribution >= 0.6 is 0 Å². The molecule has 1 amide bonds. The van der Waals surface area contributed by atoms with Crippen molar-refractivity contribution in [2.75, 3.05) is 18.4 Å². The molecule has 0 aromatic heterocycles. The number of carbonyl (C=O) groups is 1. The summed E-state index contributed by atoms with van der Waals surface area (Å²) in [6, 6.07) is 8.34. The van der Waals surface area contributed by atoms with Crippen molar-refractivity contribution in [3.8, 4) is 0 Å². The summed E-state index contributed by atoms with van der Waals surface area (Å²) in [7, 11) is 0. The third-order valence-electron chi connectivity index (χ3n) is 5.18. The van der Waals surface area contributed by atoms with Gasteiger partial charge in [-0.3, -0.25) is 4.79 Å². The zero-order valence-electron chi connectivity index (χ0n) is 14.0. The van der Waals surface area contributed by atoms with Crippen LogP contribution in [-0.2, 0) is 0 Å². The first-order chi connectivity index (χ1) is 11.1. The van der Waals surface area contributed by atoms with Crippen LogP contribution in [0.4, 0.5) is 5.69 Å². The lowest BCUT2D eigenvalue weighted by Crippen LogP contribution is -2.42. The molecule has 4 heteroatoms. The highest BCUT2D eigenvalue weighted by molar-refractivity contribution is 5.95. The molecule has 126 valence electrons. The molecule has 1 aliphatic carbocycles. The second-order valence-corrected chi connectivity index (χ2v) is 7.23. The van der Waals surface area contributed by atoms with Crippen molar-refractivity contribution in [3.63, 3.8) is 0 Å². The van der Waals surface area contributed by atoms with Crippen LogP contribution in [0.25, 0.3) is 0 Å². The number of anilines is 1. The van der Waals surface area contributed by atoms with Gasteiger partial charge < -0.3 is 15.3 Å². The number of benzene rings is 1. The SMILES string of the molecule is CC1CCC(Nc2cccc(C(=O)N3CCCC(O)C3)c2)CC1. The zero-order valence-corrected chi connectivity index (χ0v) is 14.0. The van der Waals surface area contributed by atoms with Crippen LogP contribution in [-0.4, -0.2) is 41.1 Å². The molecule has 0 bridgehead atoms. The molecule has 2 N–H and O–H groups in total. The topological polar surface area (TPSA) is 52.6 Å². The number of carbonyl (C=O) groups excluding carboxylic acids is 1. The number of likely N-dealkylation sites (tertiary alicyclic amines) is 1. The van der Waals surface area contributed by atoms with E-state index in [0.29, 0.717) is 18.2 Å². The van der Waals surface area contributed by atoms with E-state index in [9.17, 15) is 9.90 Å². The quantitative estimate of drug-likeness (QED) is 0.900. The highest BCUT2D eigenvalue weighted by Crippen LogP contribution is 2.26. The summed E-state index contributed by atoms with van der Waals surface area (Å²) in [5, 5.41) is 13.3. The van der Waals surface area contributed by atoms with Crippen LogP contribution in [0, 0.1) is 5.92 Å². The molecule has 1 aromatic carbocycles. The maximum absolute atomic E-state index is 12.6. The van der Waals surface area contributed by atoms with Gasteiger partial charge in [0.1, 0.15) is 0 Å². The second-order valence-electron chi connectivity index (χ2n) is 7.23. The highest BCUT2D eigenvalue weighted by atomic mass is 16.3. The molecular weight excluding hydrogens is 288 g/mol. The van der Waals surface area contributed by atoms with E-state index in [-0.39, 0.29) is 12.0 Å². The lowest BCUT2D eigenvalue weighted by molar-refractivity contribution is 0.0474. The zero-order chi connectivity index (χ0) is 16.2. The Hall–Kier alpha value is -1.55. The number of piperidine rings is 1. The molecule has 1 unspecified atom stereocenters. The van der Waals surface area contributed by atoms with Crippen molar-refractivity contribution in [1.82, 2.24) is 4.90 Å². The number of nitrogens with one attached hydrogen (secondary N) is 1. The fourth-order valence-corrected chi connectivity index (χ4v) is 3.70. The number of amides is 1. The van der Waals surface area contributed by atoms with E-state index >= 15 is 0 Å². The Morgan fingerprint density at radius 3 is 2.74 bits per heavy atom. The van der Waals surface area contributed by atoms with Gasteiger partial charge in [0.15, 0.2) is 0 Å². The van der Waals surface area contributed by atoms with Crippen molar-refractivity contribution in [3.05, 3.63) is 29.8 Å². The molecule has 2 aliphatic rings. The van der Waals surface area contributed by atoms with Gasteiger partial charge in [-0.1, -0.05) is 13.0 Å². The Bertz CT molecular complexity index is 538. The Morgan fingerprint density at radius 1 is 1.22 bits per heavy atom. The second kappa shape index (κ2) is 7.35. The first kappa shape index (κ1) is 16.3. The number of aliphatic hydroxyl groups excluding tert-OH is 1. The molecule has 23 heavy (non-hydrogen) atoms. The summed E-state index contributed by atoms with van der Waals surface area (Å²) >= 11 is 0. The summed E-state index contributed by atoms with van der Waals surface area (Å²) in [5.41, 5.74) is 1.75. The largest absolute Gasteiger partial charge is 0.391 e. The van der Waals surface area contributed by atoms with Crippen LogP contribution in [0.1, 0.15) is 55.8 Å². The van der Waals surface area contributed by atoms with Gasteiger partial charge in [-0.2, -0.15) is 0 Å². The standard InChI is InChI=1S/C19H28N2O2/c1-14-7-9-16(10-8-14)20-17-5-2-4-15(12-17)19(23)21-11-3-6-18(22)13-21/h2,4-5,12,14,16,18,20,22H,3,6-11,13H2,1H3. The number of hydrogen-bond acceptors (Lipinski definition) is 3. The average molecular weight is 316 g/mol. The minimum Gasteiger partial charge on any atom is -0.391 e. The summed E-state index contributed by atoms with van der Waals surface area (Å²) in [6.45, 7) is 3.52. The fraction of sp³-hybridized carbons (Fsp3) is 0.632. The van der Waals surface area contributed by atoms with Gasteiger partial charge in [0.25, 0.3) is 5.91 Å². The molecule has 4 nitrogen and oxygen atoms in total. The molecule has 1 aromatic rings. The lowest BCUT2D eigenvalue weighted by atomic mass is 9.87. The number of hydrogen-bond donors (Lipinski definition) is 2. The normalized spacial score (nSPS) is 28.4. The summed E-state index contributed by atoms with van der Waals surface area (Å²) in [6.07, 6.45) is 6.27. The molecule has 1 saturated carbocycles. The van der Waals surface area contributed by atoms with Gasteiger partial charge in [0.2, 0.25) is 0 Å². The van der Waals surface area contributed by atoms with Crippen LogP contribution < -0.4 is 5.32 Å². The van der Waals surface area contributed by atoms with Crippen LogP contribution in [0.2, 0.25) is 0 Å². The molecule has 2 fully saturated rings. The molecule has 1 saturated heterocycles. The first-order valence-electron chi connectivity index (χ1n) is 8.96. The summed E-state index contributed by atoms with van der Waals surface area (Å²) < 4.78 is 0. The minimum atomic E-state index is -0.377. The van der Waals surface area contributed by atoms with Gasteiger partial charge in [-0.15, -0.1) is 0 Å². The summed E-state index contributed by atoms with van der Waals surface area (Å²) in [4.78, 5) is 14.4. The van der Waals surface area contributed by atoms with E-state index < -0.39 is 0 Å². The van der Waals surface area contributed by atoms with Gasteiger partial charge >= 0.3 is 0 Å². The van der Waals surface area contributed by atoms with Gasteiger partial charge in [0.05, 0.1) is 6.10 Å². The van der Waals surface area contributed by atoms with E-state index in [0.717, 1.165) is 31.0 Å². The predicted molar refractivity (Wildman–Crippen MR) is 92.6 cm³/mol. The van der Waals surface area contributed by atoms with E-state index in [2.05, 4.69) is 12.2 Å².